The third-order valence-electron chi connectivity index (χ3n) is 6.44. The number of rotatable bonds is 5. The maximum absolute atomic E-state index is 13.6. The predicted molar refractivity (Wildman–Crippen MR) is 101 cm³/mol. The van der Waals surface area contributed by atoms with Gasteiger partial charge in [0.1, 0.15) is 22.8 Å². The molecule has 1 saturated heterocycles. The van der Waals surface area contributed by atoms with Crippen molar-refractivity contribution in [3.05, 3.63) is 30.1 Å². The van der Waals surface area contributed by atoms with Crippen molar-refractivity contribution in [3.8, 4) is 6.07 Å². The van der Waals surface area contributed by atoms with E-state index in [-0.39, 0.29) is 4.90 Å². The van der Waals surface area contributed by atoms with E-state index in [1.165, 1.54) is 0 Å². The lowest BCUT2D eigenvalue weighted by molar-refractivity contribution is -0.199. The smallest absolute Gasteiger partial charge is 0.336 e. The van der Waals surface area contributed by atoms with Crippen LogP contribution in [0.2, 0.25) is 0 Å². The van der Waals surface area contributed by atoms with Gasteiger partial charge in [-0.05, 0) is 56.4 Å². The van der Waals surface area contributed by atoms with E-state index >= 15 is 0 Å². The fraction of sp³-hybridized carbons (Fsp3) is 0.550. The second kappa shape index (κ2) is 7.16. The van der Waals surface area contributed by atoms with E-state index in [2.05, 4.69) is 5.32 Å². The Hall–Kier alpha value is -2.68. The molecule has 1 heterocycles. The maximum atomic E-state index is 13.6. The molecule has 3 aliphatic rings. The minimum Gasteiger partial charge on any atom is -0.336 e. The summed E-state index contributed by atoms with van der Waals surface area (Å²) in [6.07, 6.45) is -5.40. The third-order valence-corrected chi connectivity index (χ3v) is 8.58. The van der Waals surface area contributed by atoms with Crippen molar-refractivity contribution in [3.63, 3.8) is 0 Å². The van der Waals surface area contributed by atoms with Gasteiger partial charge in [-0.3, -0.25) is 9.59 Å². The zero-order valence-corrected chi connectivity index (χ0v) is 17.5. The summed E-state index contributed by atoms with van der Waals surface area (Å²) in [6, 6.07) is 4.37. The zero-order valence-electron chi connectivity index (χ0n) is 16.7. The second-order valence-electron chi connectivity index (χ2n) is 8.59. The fourth-order valence-corrected chi connectivity index (χ4v) is 5.73. The Bertz CT molecular complexity index is 1100. The number of hydrogen-bond acceptors (Lipinski definition) is 5. The topological polar surface area (TPSA) is 107 Å². The van der Waals surface area contributed by atoms with E-state index in [1.807, 2.05) is 6.07 Å². The summed E-state index contributed by atoms with van der Waals surface area (Å²) in [5, 5.41) is 10.3. The average molecular weight is 473 g/mol. The minimum atomic E-state index is -4.83. The molecule has 0 radical (unpaired) electrons. The Balaban J connectivity index is 1.65. The van der Waals surface area contributed by atoms with Crippen LogP contribution in [-0.2, 0) is 19.4 Å². The Morgan fingerprint density at radius 2 is 1.72 bits per heavy atom. The average Bonchev–Trinajstić information content (AvgIpc) is 3.64. The van der Waals surface area contributed by atoms with Crippen molar-refractivity contribution >= 4 is 21.7 Å². The number of nitrogens with one attached hydrogen (secondary N) is 1. The number of carbonyl (C=O) groups excluding carboxylic acids is 2. The highest BCUT2D eigenvalue weighted by Crippen LogP contribution is 2.59. The second-order valence-corrected chi connectivity index (χ2v) is 10.8. The largest absolute Gasteiger partial charge is 0.403 e. The number of alkyl halides is 3. The quantitative estimate of drug-likeness (QED) is 0.521. The van der Waals surface area contributed by atoms with Gasteiger partial charge in [-0.1, -0.05) is 0 Å². The highest BCUT2D eigenvalue weighted by molar-refractivity contribution is 7.92. The summed E-state index contributed by atoms with van der Waals surface area (Å²) in [6.45, 7) is -0.603. The Morgan fingerprint density at radius 1 is 1.12 bits per heavy atom. The number of amides is 2. The molecule has 3 fully saturated rings. The molecule has 1 aromatic rings. The number of likely N-dealkylation sites (tertiary alicyclic amines) is 1. The molecule has 2 atom stereocenters. The highest BCUT2D eigenvalue weighted by atomic mass is 32.2. The molecule has 0 bridgehead atoms. The molecule has 2 saturated carbocycles. The first-order valence-corrected chi connectivity index (χ1v) is 11.5. The summed E-state index contributed by atoms with van der Waals surface area (Å²) in [4.78, 5) is 26.2. The molecule has 12 heteroatoms. The monoisotopic (exact) mass is 473 g/mol. The minimum absolute atomic E-state index is 0.259. The van der Waals surface area contributed by atoms with Crippen molar-refractivity contribution in [1.82, 2.24) is 10.2 Å². The molecule has 7 nitrogen and oxygen atoms in total. The van der Waals surface area contributed by atoms with Gasteiger partial charge in [-0.25, -0.2) is 12.8 Å². The number of nitrogens with zero attached hydrogens (tertiary/aromatic N) is 2. The molecule has 1 unspecified atom stereocenters. The molecular formula is C20H19F4N3O4S. The highest BCUT2D eigenvalue weighted by Gasteiger charge is 2.70. The first kappa shape index (κ1) is 22.5. The summed E-state index contributed by atoms with van der Waals surface area (Å²) < 4.78 is 79.9. The van der Waals surface area contributed by atoms with Gasteiger partial charge in [0.15, 0.2) is 9.84 Å². The molecule has 2 aliphatic carbocycles. The molecular weight excluding hydrogens is 454 g/mol. The van der Waals surface area contributed by atoms with Gasteiger partial charge in [0.2, 0.25) is 11.8 Å². The van der Waals surface area contributed by atoms with Crippen molar-refractivity contribution in [1.29, 1.82) is 5.26 Å². The van der Waals surface area contributed by atoms with Gasteiger partial charge < -0.3 is 10.2 Å². The predicted octanol–water partition coefficient (Wildman–Crippen LogP) is 2.08. The first-order valence-electron chi connectivity index (χ1n) is 9.96. The summed E-state index contributed by atoms with van der Waals surface area (Å²) in [5.74, 6) is -2.85. The van der Waals surface area contributed by atoms with Gasteiger partial charge in [-0.2, -0.15) is 18.4 Å². The van der Waals surface area contributed by atoms with Gasteiger partial charge in [-0.15, -0.1) is 0 Å². The third kappa shape index (κ3) is 3.62. The molecule has 4 rings (SSSR count). The molecule has 0 spiro atoms. The molecule has 0 aromatic heterocycles. The van der Waals surface area contributed by atoms with Crippen molar-refractivity contribution < 1.29 is 35.6 Å². The van der Waals surface area contributed by atoms with Crippen LogP contribution in [-0.4, -0.2) is 54.7 Å². The number of carbonyl (C=O) groups is 2. The lowest BCUT2D eigenvalue weighted by atomic mass is 10.0. The molecule has 1 aromatic carbocycles. The lowest BCUT2D eigenvalue weighted by Crippen LogP contribution is -2.53. The van der Waals surface area contributed by atoms with Crippen LogP contribution in [0.3, 0.4) is 0 Å². The van der Waals surface area contributed by atoms with E-state index < -0.39 is 81.7 Å². The van der Waals surface area contributed by atoms with Crippen molar-refractivity contribution in [2.75, 3.05) is 6.54 Å². The number of halogens is 4. The van der Waals surface area contributed by atoms with Crippen LogP contribution in [0.15, 0.2) is 29.2 Å². The molecule has 1 aliphatic heterocycles. The van der Waals surface area contributed by atoms with Crippen molar-refractivity contribution in [2.24, 2.45) is 5.41 Å². The van der Waals surface area contributed by atoms with E-state index in [4.69, 9.17) is 0 Å². The van der Waals surface area contributed by atoms with Crippen LogP contribution in [0.5, 0.6) is 0 Å². The standard InChI is InChI=1S/C20H19F4N3O4S/c21-12-1-3-13(4-2-12)32(30,31)14-9-15(16(28)26-18(11-25)5-6-18)27(10-14)17(29)19(7-8-19)20(22,23)24/h1-4,14-15H,5-10H2,(H,26,28)/t14?,15-/m0/s1. The molecule has 32 heavy (non-hydrogen) atoms. The lowest BCUT2D eigenvalue weighted by Gasteiger charge is -2.29. The van der Waals surface area contributed by atoms with Crippen LogP contribution in [0.4, 0.5) is 17.6 Å². The Morgan fingerprint density at radius 3 is 2.19 bits per heavy atom. The van der Waals surface area contributed by atoms with Crippen LogP contribution in [0.1, 0.15) is 32.1 Å². The van der Waals surface area contributed by atoms with E-state index in [0.717, 1.165) is 24.3 Å². The van der Waals surface area contributed by atoms with Gasteiger partial charge in [0.25, 0.3) is 0 Å². The Labute approximate surface area is 181 Å². The molecule has 2 amide bonds. The van der Waals surface area contributed by atoms with E-state index in [1.54, 1.807) is 0 Å². The summed E-state index contributed by atoms with van der Waals surface area (Å²) in [5.41, 5.74) is -3.76. The Kier molecular flexibility index (Phi) is 5.04. The number of nitriles is 1. The van der Waals surface area contributed by atoms with Gasteiger partial charge in [0.05, 0.1) is 16.2 Å². The van der Waals surface area contributed by atoms with E-state index in [9.17, 15) is 40.8 Å². The number of hydrogen-bond donors (Lipinski definition) is 1. The normalized spacial score (nSPS) is 25.7. The first-order chi connectivity index (χ1) is 14.9. The van der Waals surface area contributed by atoms with Crippen LogP contribution in [0.25, 0.3) is 0 Å². The van der Waals surface area contributed by atoms with Gasteiger partial charge >= 0.3 is 6.18 Å². The number of sulfone groups is 1. The summed E-state index contributed by atoms with van der Waals surface area (Å²) in [7, 11) is -4.17. The van der Waals surface area contributed by atoms with Crippen LogP contribution in [0, 0.1) is 22.6 Å². The van der Waals surface area contributed by atoms with Crippen LogP contribution < -0.4 is 5.32 Å². The molecule has 1 N–H and O–H groups in total. The zero-order chi connectivity index (χ0) is 23.5. The van der Waals surface area contributed by atoms with Gasteiger partial charge in [0, 0.05) is 6.54 Å². The van der Waals surface area contributed by atoms with Crippen LogP contribution >= 0.6 is 0 Å². The SMILES string of the molecule is N#CC1(NC(=O)[C@@H]2CC(S(=O)(=O)c3ccc(F)cc3)CN2C(=O)C2(C(F)(F)F)CC2)CC1. The summed E-state index contributed by atoms with van der Waals surface area (Å²) >= 11 is 0. The number of benzene rings is 1. The van der Waals surface area contributed by atoms with Crippen molar-refractivity contribution in [2.45, 2.75) is 60.0 Å². The fourth-order valence-electron chi connectivity index (χ4n) is 4.04. The molecule has 172 valence electrons. The maximum Gasteiger partial charge on any atom is 0.403 e. The van der Waals surface area contributed by atoms with E-state index in [0.29, 0.717) is 17.7 Å².